The lowest BCUT2D eigenvalue weighted by molar-refractivity contribution is 0.0937. The third-order valence-electron chi connectivity index (χ3n) is 5.47. The Hall–Kier alpha value is -2.70. The zero-order chi connectivity index (χ0) is 20.8. The summed E-state index contributed by atoms with van der Waals surface area (Å²) in [4.78, 5) is 19.5. The van der Waals surface area contributed by atoms with E-state index in [2.05, 4.69) is 46.4 Å². The number of amides is 1. The number of carbonyl (C=O) groups excluding carboxylic acids is 1. The van der Waals surface area contributed by atoms with Crippen molar-refractivity contribution >= 4 is 17.2 Å². The van der Waals surface area contributed by atoms with Gasteiger partial charge in [0.1, 0.15) is 12.4 Å². The number of aryl methyl sites for hydroxylation is 1. The van der Waals surface area contributed by atoms with Gasteiger partial charge in [0.25, 0.3) is 5.91 Å². The Bertz CT molecular complexity index is 951. The highest BCUT2D eigenvalue weighted by atomic mass is 32.1. The van der Waals surface area contributed by atoms with E-state index in [9.17, 15) is 4.79 Å². The number of nitrogens with zero attached hydrogens (tertiary/aromatic N) is 2. The minimum Gasteiger partial charge on any atom is -0.487 e. The molecule has 1 aliphatic rings. The van der Waals surface area contributed by atoms with E-state index in [1.807, 2.05) is 23.6 Å². The van der Waals surface area contributed by atoms with Crippen LogP contribution in [-0.4, -0.2) is 35.4 Å². The standard InChI is InChI=1S/C24H27N3O2S/c1-18-7-9-19(10-8-18)23(27-11-2-3-12-27)14-25-24(28)20-5-4-6-22(13-20)29-15-21-16-30-17-26-21/h4-10,13,16-17,23H,2-3,11-12,14-15H2,1H3,(H,25,28). The van der Waals surface area contributed by atoms with Crippen LogP contribution in [0.5, 0.6) is 5.75 Å². The van der Waals surface area contributed by atoms with Crippen molar-refractivity contribution in [2.75, 3.05) is 19.6 Å². The fourth-order valence-corrected chi connectivity index (χ4v) is 4.33. The number of likely N-dealkylation sites (tertiary alicyclic amines) is 1. The molecule has 0 spiro atoms. The molecule has 1 aliphatic heterocycles. The minimum atomic E-state index is -0.0783. The summed E-state index contributed by atoms with van der Waals surface area (Å²) >= 11 is 1.54. The van der Waals surface area contributed by atoms with Gasteiger partial charge in [-0.1, -0.05) is 35.9 Å². The zero-order valence-electron chi connectivity index (χ0n) is 17.2. The van der Waals surface area contributed by atoms with E-state index in [-0.39, 0.29) is 11.9 Å². The Kier molecular flexibility index (Phi) is 6.77. The lowest BCUT2D eigenvalue weighted by Gasteiger charge is -2.28. The summed E-state index contributed by atoms with van der Waals surface area (Å²) in [5, 5.41) is 5.10. The summed E-state index contributed by atoms with van der Waals surface area (Å²) in [6.07, 6.45) is 2.43. The third kappa shape index (κ3) is 5.26. The van der Waals surface area contributed by atoms with E-state index >= 15 is 0 Å². The number of ether oxygens (including phenoxy) is 1. The van der Waals surface area contributed by atoms with Crippen molar-refractivity contribution in [1.82, 2.24) is 15.2 Å². The van der Waals surface area contributed by atoms with Crippen molar-refractivity contribution in [2.24, 2.45) is 0 Å². The van der Waals surface area contributed by atoms with E-state index in [4.69, 9.17) is 4.74 Å². The maximum atomic E-state index is 12.8. The fourth-order valence-electron chi connectivity index (χ4n) is 3.78. The molecule has 0 radical (unpaired) electrons. The maximum Gasteiger partial charge on any atom is 0.251 e. The van der Waals surface area contributed by atoms with Crippen LogP contribution in [0.25, 0.3) is 0 Å². The monoisotopic (exact) mass is 421 g/mol. The van der Waals surface area contributed by atoms with Gasteiger partial charge in [-0.25, -0.2) is 4.98 Å². The molecule has 6 heteroatoms. The van der Waals surface area contributed by atoms with E-state index in [1.165, 1.54) is 24.0 Å². The second-order valence-electron chi connectivity index (χ2n) is 7.68. The van der Waals surface area contributed by atoms with Crippen LogP contribution in [0.3, 0.4) is 0 Å². The molecule has 1 unspecified atom stereocenters. The lowest BCUT2D eigenvalue weighted by Crippen LogP contribution is -2.36. The number of hydrogen-bond donors (Lipinski definition) is 1. The normalized spacial score (nSPS) is 15.1. The van der Waals surface area contributed by atoms with E-state index < -0.39 is 0 Å². The molecule has 1 fully saturated rings. The van der Waals surface area contributed by atoms with Gasteiger partial charge in [-0.2, -0.15) is 0 Å². The molecule has 156 valence electrons. The Morgan fingerprint density at radius 2 is 2.00 bits per heavy atom. The largest absolute Gasteiger partial charge is 0.487 e. The molecule has 5 nitrogen and oxygen atoms in total. The molecular weight excluding hydrogens is 394 g/mol. The van der Waals surface area contributed by atoms with Crippen LogP contribution in [0.4, 0.5) is 0 Å². The Balaban J connectivity index is 1.40. The van der Waals surface area contributed by atoms with Crippen molar-refractivity contribution in [3.8, 4) is 5.75 Å². The van der Waals surface area contributed by atoms with Gasteiger partial charge >= 0.3 is 0 Å². The molecule has 0 saturated carbocycles. The number of carbonyl (C=O) groups is 1. The Labute approximate surface area is 181 Å². The molecule has 4 rings (SSSR count). The van der Waals surface area contributed by atoms with Crippen LogP contribution in [-0.2, 0) is 6.61 Å². The van der Waals surface area contributed by atoms with Crippen molar-refractivity contribution in [3.05, 3.63) is 81.8 Å². The Morgan fingerprint density at radius 3 is 2.73 bits per heavy atom. The molecule has 2 aromatic carbocycles. The zero-order valence-corrected chi connectivity index (χ0v) is 18.0. The van der Waals surface area contributed by atoms with Crippen molar-refractivity contribution in [3.63, 3.8) is 0 Å². The number of rotatable bonds is 8. The molecule has 30 heavy (non-hydrogen) atoms. The number of nitrogens with one attached hydrogen (secondary N) is 1. The molecule has 0 aliphatic carbocycles. The highest BCUT2D eigenvalue weighted by Gasteiger charge is 2.24. The molecule has 3 aromatic rings. The average molecular weight is 422 g/mol. The summed E-state index contributed by atoms with van der Waals surface area (Å²) in [6, 6.07) is 16.2. The predicted octanol–water partition coefficient (Wildman–Crippen LogP) is 4.60. The summed E-state index contributed by atoms with van der Waals surface area (Å²) in [7, 11) is 0. The van der Waals surface area contributed by atoms with E-state index in [0.717, 1.165) is 18.8 Å². The van der Waals surface area contributed by atoms with Crippen LogP contribution in [0.15, 0.2) is 59.4 Å². The van der Waals surface area contributed by atoms with Gasteiger partial charge in [-0.05, 0) is 56.6 Å². The predicted molar refractivity (Wildman–Crippen MR) is 120 cm³/mol. The highest BCUT2D eigenvalue weighted by Crippen LogP contribution is 2.25. The molecule has 1 aromatic heterocycles. The highest BCUT2D eigenvalue weighted by molar-refractivity contribution is 7.07. The van der Waals surface area contributed by atoms with Crippen LogP contribution in [0.2, 0.25) is 0 Å². The fraction of sp³-hybridized carbons (Fsp3) is 0.333. The summed E-state index contributed by atoms with van der Waals surface area (Å²) in [5.74, 6) is 0.593. The van der Waals surface area contributed by atoms with Gasteiger partial charge in [0.05, 0.1) is 17.2 Å². The SMILES string of the molecule is Cc1ccc(C(CNC(=O)c2cccc(OCc3cscn3)c2)N2CCCC2)cc1. The second-order valence-corrected chi connectivity index (χ2v) is 8.39. The number of thiazole rings is 1. The average Bonchev–Trinajstić information content (AvgIpc) is 3.48. The van der Waals surface area contributed by atoms with Gasteiger partial charge in [-0.15, -0.1) is 11.3 Å². The van der Waals surface area contributed by atoms with E-state index in [1.54, 1.807) is 22.9 Å². The van der Waals surface area contributed by atoms with Gasteiger partial charge in [-0.3, -0.25) is 9.69 Å². The first-order valence-corrected chi connectivity index (χ1v) is 11.3. The van der Waals surface area contributed by atoms with E-state index in [0.29, 0.717) is 24.5 Å². The van der Waals surface area contributed by atoms with Crippen LogP contribution >= 0.6 is 11.3 Å². The number of hydrogen-bond acceptors (Lipinski definition) is 5. The van der Waals surface area contributed by atoms with Gasteiger partial charge in [0.15, 0.2) is 0 Å². The molecule has 2 heterocycles. The first kappa shape index (κ1) is 20.6. The molecule has 1 amide bonds. The summed E-state index contributed by atoms with van der Waals surface area (Å²) < 4.78 is 5.78. The van der Waals surface area contributed by atoms with Crippen LogP contribution < -0.4 is 10.1 Å². The van der Waals surface area contributed by atoms with Crippen LogP contribution in [0.1, 0.15) is 46.1 Å². The number of aromatic nitrogens is 1. The molecule has 0 bridgehead atoms. The van der Waals surface area contributed by atoms with Gasteiger partial charge < -0.3 is 10.1 Å². The van der Waals surface area contributed by atoms with Crippen molar-refractivity contribution in [2.45, 2.75) is 32.4 Å². The smallest absolute Gasteiger partial charge is 0.251 e. The molecule has 1 N–H and O–H groups in total. The molecular formula is C24H27N3O2S. The van der Waals surface area contributed by atoms with Gasteiger partial charge in [0, 0.05) is 17.5 Å². The maximum absolute atomic E-state index is 12.8. The first-order valence-electron chi connectivity index (χ1n) is 10.4. The van der Waals surface area contributed by atoms with Crippen molar-refractivity contribution < 1.29 is 9.53 Å². The Morgan fingerprint density at radius 1 is 1.20 bits per heavy atom. The van der Waals surface area contributed by atoms with Crippen molar-refractivity contribution in [1.29, 1.82) is 0 Å². The topological polar surface area (TPSA) is 54.5 Å². The first-order chi connectivity index (χ1) is 14.7. The van der Waals surface area contributed by atoms with Crippen LogP contribution in [0, 0.1) is 6.92 Å². The second kappa shape index (κ2) is 9.87. The minimum absolute atomic E-state index is 0.0783. The molecule has 1 saturated heterocycles. The number of benzene rings is 2. The summed E-state index contributed by atoms with van der Waals surface area (Å²) in [6.45, 7) is 5.24. The third-order valence-corrected chi connectivity index (χ3v) is 6.10. The lowest BCUT2D eigenvalue weighted by atomic mass is 10.0. The summed E-state index contributed by atoms with van der Waals surface area (Å²) in [5.41, 5.74) is 5.78. The molecule has 1 atom stereocenters. The van der Waals surface area contributed by atoms with Gasteiger partial charge in [0.2, 0.25) is 0 Å². The quantitative estimate of drug-likeness (QED) is 0.578.